The topological polar surface area (TPSA) is 59.8 Å². The molecule has 0 atom stereocenters. The van der Waals surface area contributed by atoms with Crippen molar-refractivity contribution in [3.8, 4) is 0 Å². The van der Waals surface area contributed by atoms with Gasteiger partial charge in [-0.25, -0.2) is 0 Å². The van der Waals surface area contributed by atoms with Crippen LogP contribution in [0.1, 0.15) is 11.6 Å². The Labute approximate surface area is 76.5 Å². The smallest absolute Gasteiger partial charge is 0.243 e. The maximum atomic E-state index is 10.8. The summed E-state index contributed by atoms with van der Waals surface area (Å²) in [5.74, 6) is 1.34. The van der Waals surface area contributed by atoms with Crippen molar-refractivity contribution in [1.29, 1.82) is 0 Å². The van der Waals surface area contributed by atoms with Crippen LogP contribution in [-0.2, 0) is 18.4 Å². The predicted molar refractivity (Wildman–Crippen MR) is 47.8 cm³/mol. The quantitative estimate of drug-likeness (QED) is 0.662. The number of aryl methyl sites for hydroxylation is 1. The molecular formula is C8H12N4O. The molecule has 0 unspecified atom stereocenters. The molecule has 5 heteroatoms. The zero-order chi connectivity index (χ0) is 9.84. The van der Waals surface area contributed by atoms with Crippen LogP contribution >= 0.6 is 0 Å². The first-order valence-corrected chi connectivity index (χ1v) is 3.90. The van der Waals surface area contributed by atoms with Gasteiger partial charge in [0.15, 0.2) is 5.82 Å². The van der Waals surface area contributed by atoms with Crippen molar-refractivity contribution in [2.45, 2.75) is 13.5 Å². The maximum absolute atomic E-state index is 10.8. The summed E-state index contributed by atoms with van der Waals surface area (Å²) in [5, 5.41) is 10.4. The Morgan fingerprint density at radius 3 is 2.85 bits per heavy atom. The van der Waals surface area contributed by atoms with Gasteiger partial charge >= 0.3 is 0 Å². The van der Waals surface area contributed by atoms with E-state index in [4.69, 9.17) is 0 Å². The third-order valence-electron chi connectivity index (χ3n) is 1.79. The van der Waals surface area contributed by atoms with Crippen molar-refractivity contribution < 1.29 is 4.79 Å². The highest BCUT2D eigenvalue weighted by Gasteiger charge is 2.04. The summed E-state index contributed by atoms with van der Waals surface area (Å²) in [6, 6.07) is 0. The lowest BCUT2D eigenvalue weighted by Crippen LogP contribution is -2.22. The summed E-state index contributed by atoms with van der Waals surface area (Å²) < 4.78 is 1.82. The van der Waals surface area contributed by atoms with E-state index in [1.165, 1.54) is 6.08 Å². The molecule has 0 radical (unpaired) electrons. The van der Waals surface area contributed by atoms with Gasteiger partial charge in [0.1, 0.15) is 5.82 Å². The molecule has 0 aliphatic rings. The van der Waals surface area contributed by atoms with Crippen LogP contribution in [0.4, 0.5) is 0 Å². The van der Waals surface area contributed by atoms with Crippen molar-refractivity contribution in [2.75, 3.05) is 0 Å². The maximum Gasteiger partial charge on any atom is 0.243 e. The fraction of sp³-hybridized carbons (Fsp3) is 0.375. The van der Waals surface area contributed by atoms with Crippen LogP contribution in [-0.4, -0.2) is 20.7 Å². The molecule has 0 fully saturated rings. The van der Waals surface area contributed by atoms with Crippen LogP contribution in [0.3, 0.4) is 0 Å². The average molecular weight is 180 g/mol. The van der Waals surface area contributed by atoms with Gasteiger partial charge in [0.2, 0.25) is 5.91 Å². The van der Waals surface area contributed by atoms with E-state index in [1.54, 1.807) is 0 Å². The third kappa shape index (κ3) is 2.14. The van der Waals surface area contributed by atoms with Crippen molar-refractivity contribution >= 4 is 5.91 Å². The lowest BCUT2D eigenvalue weighted by molar-refractivity contribution is -0.116. The number of aromatic nitrogens is 3. The van der Waals surface area contributed by atoms with E-state index in [-0.39, 0.29) is 5.91 Å². The van der Waals surface area contributed by atoms with Crippen molar-refractivity contribution in [3.05, 3.63) is 24.3 Å². The average Bonchev–Trinajstić information content (AvgIpc) is 2.44. The van der Waals surface area contributed by atoms with Crippen LogP contribution < -0.4 is 5.32 Å². The molecule has 1 aromatic heterocycles. The highest BCUT2D eigenvalue weighted by molar-refractivity contribution is 5.86. The van der Waals surface area contributed by atoms with Crippen LogP contribution in [0.2, 0.25) is 0 Å². The lowest BCUT2D eigenvalue weighted by Gasteiger charge is -2.01. The van der Waals surface area contributed by atoms with Gasteiger partial charge in [-0.3, -0.25) is 4.79 Å². The Bertz CT molecular complexity index is 329. The number of nitrogens with zero attached hydrogens (tertiary/aromatic N) is 3. The number of hydrogen-bond donors (Lipinski definition) is 1. The predicted octanol–water partition coefficient (Wildman–Crippen LogP) is -0.0743. The summed E-state index contributed by atoms with van der Waals surface area (Å²) in [5.41, 5.74) is 0. The molecule has 70 valence electrons. The molecule has 1 rings (SSSR count). The van der Waals surface area contributed by atoms with Gasteiger partial charge in [0, 0.05) is 7.05 Å². The Kier molecular flexibility index (Phi) is 2.79. The number of nitrogens with one attached hydrogen (secondary N) is 1. The van der Waals surface area contributed by atoms with Gasteiger partial charge in [0.25, 0.3) is 0 Å². The molecule has 0 spiro atoms. The third-order valence-corrected chi connectivity index (χ3v) is 1.79. The van der Waals surface area contributed by atoms with E-state index in [0.717, 1.165) is 11.6 Å². The molecular weight excluding hydrogens is 168 g/mol. The lowest BCUT2D eigenvalue weighted by atomic mass is 10.5. The highest BCUT2D eigenvalue weighted by atomic mass is 16.1. The van der Waals surface area contributed by atoms with Crippen molar-refractivity contribution in [2.24, 2.45) is 7.05 Å². The summed E-state index contributed by atoms with van der Waals surface area (Å²) in [6.07, 6.45) is 1.23. The minimum absolute atomic E-state index is 0.208. The van der Waals surface area contributed by atoms with Gasteiger partial charge in [-0.15, -0.1) is 10.2 Å². The second kappa shape index (κ2) is 3.84. The molecule has 0 aliphatic heterocycles. The summed E-state index contributed by atoms with van der Waals surface area (Å²) in [4.78, 5) is 10.8. The molecule has 1 amide bonds. The van der Waals surface area contributed by atoms with E-state index in [9.17, 15) is 4.79 Å². The van der Waals surface area contributed by atoms with Gasteiger partial charge in [-0.2, -0.15) is 0 Å². The largest absolute Gasteiger partial charge is 0.345 e. The summed E-state index contributed by atoms with van der Waals surface area (Å²) in [6.45, 7) is 5.58. The molecule has 0 saturated carbocycles. The SMILES string of the molecule is C=CC(=O)NCc1nnc(C)n1C. The number of carbonyl (C=O) groups excluding carboxylic acids is 1. The number of carbonyl (C=O) groups is 1. The van der Waals surface area contributed by atoms with Gasteiger partial charge in [-0.05, 0) is 13.0 Å². The van der Waals surface area contributed by atoms with Crippen molar-refractivity contribution in [3.63, 3.8) is 0 Å². The molecule has 0 saturated heterocycles. The fourth-order valence-corrected chi connectivity index (χ4v) is 0.843. The van der Waals surface area contributed by atoms with Crippen molar-refractivity contribution in [1.82, 2.24) is 20.1 Å². The molecule has 0 aliphatic carbocycles. The first kappa shape index (κ1) is 9.44. The van der Waals surface area contributed by atoms with E-state index in [2.05, 4.69) is 22.1 Å². The Morgan fingerprint density at radius 1 is 1.69 bits per heavy atom. The van der Waals surface area contributed by atoms with E-state index >= 15 is 0 Å². The van der Waals surface area contributed by atoms with E-state index in [0.29, 0.717) is 6.54 Å². The first-order chi connectivity index (χ1) is 6.15. The normalized spacial score (nSPS) is 9.69. The van der Waals surface area contributed by atoms with Crippen LogP contribution in [0.15, 0.2) is 12.7 Å². The molecule has 1 aromatic rings. The molecule has 0 bridgehead atoms. The standard InChI is InChI=1S/C8H12N4O/c1-4-8(13)9-5-7-11-10-6(2)12(7)3/h4H,1,5H2,2-3H3,(H,9,13). The van der Waals surface area contributed by atoms with Crippen LogP contribution in [0.5, 0.6) is 0 Å². The van der Waals surface area contributed by atoms with Gasteiger partial charge in [-0.1, -0.05) is 6.58 Å². The first-order valence-electron chi connectivity index (χ1n) is 3.90. The monoisotopic (exact) mass is 180 g/mol. The molecule has 0 aromatic carbocycles. The molecule has 5 nitrogen and oxygen atoms in total. The Hall–Kier alpha value is -1.65. The zero-order valence-corrected chi connectivity index (χ0v) is 7.74. The number of amides is 1. The van der Waals surface area contributed by atoms with Crippen LogP contribution in [0.25, 0.3) is 0 Å². The molecule has 1 N–H and O–H groups in total. The minimum Gasteiger partial charge on any atom is -0.345 e. The Morgan fingerprint density at radius 2 is 2.38 bits per heavy atom. The second-order valence-electron chi connectivity index (χ2n) is 2.64. The fourth-order valence-electron chi connectivity index (χ4n) is 0.843. The number of rotatable bonds is 3. The highest BCUT2D eigenvalue weighted by Crippen LogP contribution is 1.96. The van der Waals surface area contributed by atoms with E-state index in [1.807, 2.05) is 18.5 Å². The zero-order valence-electron chi connectivity index (χ0n) is 7.74. The summed E-state index contributed by atoms with van der Waals surface area (Å²) >= 11 is 0. The molecule has 13 heavy (non-hydrogen) atoms. The summed E-state index contributed by atoms with van der Waals surface area (Å²) in [7, 11) is 1.85. The number of hydrogen-bond acceptors (Lipinski definition) is 3. The van der Waals surface area contributed by atoms with Crippen LogP contribution in [0, 0.1) is 6.92 Å². The van der Waals surface area contributed by atoms with E-state index < -0.39 is 0 Å². The van der Waals surface area contributed by atoms with Gasteiger partial charge < -0.3 is 9.88 Å². The minimum atomic E-state index is -0.208. The Balaban J connectivity index is 2.59. The molecule has 1 heterocycles. The van der Waals surface area contributed by atoms with Gasteiger partial charge in [0.05, 0.1) is 6.54 Å². The second-order valence-corrected chi connectivity index (χ2v) is 2.64.